The van der Waals surface area contributed by atoms with Crippen molar-refractivity contribution in [3.8, 4) is 17.6 Å². The lowest BCUT2D eigenvalue weighted by Crippen LogP contribution is -2.45. The molecule has 0 aliphatic carbocycles. The minimum Gasteiger partial charge on any atom is -0.454 e. The normalized spacial score (nSPS) is 15.9. The number of amides is 4. The number of aromatic nitrogens is 1. The number of pyridine rings is 1. The van der Waals surface area contributed by atoms with Crippen molar-refractivity contribution in [2.45, 2.75) is 58.7 Å². The van der Waals surface area contributed by atoms with Gasteiger partial charge in [0.1, 0.15) is 21.4 Å². The largest absolute Gasteiger partial charge is 0.454 e. The van der Waals surface area contributed by atoms with Gasteiger partial charge in [0, 0.05) is 37.6 Å². The highest BCUT2D eigenvalue weighted by Crippen LogP contribution is 2.52. The van der Waals surface area contributed by atoms with Crippen molar-refractivity contribution in [2.75, 3.05) is 35.4 Å². The molecule has 49 heavy (non-hydrogen) atoms. The number of urea groups is 1. The fourth-order valence-corrected chi connectivity index (χ4v) is 7.30. The fourth-order valence-electron chi connectivity index (χ4n) is 6.30. The van der Waals surface area contributed by atoms with E-state index in [1.807, 2.05) is 58.0 Å². The number of ether oxygens (including phenoxy) is 3. The lowest BCUT2D eigenvalue weighted by atomic mass is 10.0. The molecule has 4 aromatic rings. The molecule has 2 aromatic heterocycles. The molecule has 3 aliphatic heterocycles. The zero-order valence-electron chi connectivity index (χ0n) is 27.5. The number of nitriles is 1. The van der Waals surface area contributed by atoms with E-state index in [1.165, 1.54) is 11.1 Å². The molecule has 0 unspecified atom stereocenters. The van der Waals surface area contributed by atoms with Crippen molar-refractivity contribution in [3.05, 3.63) is 64.2 Å². The van der Waals surface area contributed by atoms with Crippen LogP contribution in [0.2, 0.25) is 0 Å². The van der Waals surface area contributed by atoms with E-state index in [0.29, 0.717) is 44.5 Å². The molecule has 3 aliphatic rings. The van der Waals surface area contributed by atoms with Gasteiger partial charge in [-0.2, -0.15) is 5.26 Å². The minimum atomic E-state index is -0.537. The molecule has 4 amide bonds. The van der Waals surface area contributed by atoms with E-state index >= 15 is 0 Å². The third-order valence-corrected chi connectivity index (χ3v) is 9.64. The van der Waals surface area contributed by atoms with Crippen molar-refractivity contribution in [3.63, 3.8) is 0 Å². The van der Waals surface area contributed by atoms with Crippen molar-refractivity contribution in [2.24, 2.45) is 0 Å². The van der Waals surface area contributed by atoms with Gasteiger partial charge in [-0.3, -0.25) is 14.6 Å². The van der Waals surface area contributed by atoms with Crippen molar-refractivity contribution in [1.82, 2.24) is 15.2 Å². The lowest BCUT2D eigenvalue weighted by molar-refractivity contribution is 0.0477. The maximum atomic E-state index is 13.8. The lowest BCUT2D eigenvalue weighted by Gasteiger charge is -2.32. The zero-order valence-corrected chi connectivity index (χ0v) is 28.3. The second kappa shape index (κ2) is 12.6. The number of thiophene rings is 1. The second-order valence-corrected chi connectivity index (χ2v) is 14.2. The highest BCUT2D eigenvalue weighted by atomic mass is 32.1. The average Bonchev–Trinajstić information content (AvgIpc) is 3.68. The number of likely N-dealkylation sites (tertiary alicyclic amines) is 1. The summed E-state index contributed by atoms with van der Waals surface area (Å²) in [7, 11) is 0. The second-order valence-electron chi connectivity index (χ2n) is 13.2. The average molecular weight is 682 g/mol. The number of aryl methyl sites for hydroxylation is 1. The van der Waals surface area contributed by atoms with Crippen LogP contribution in [0, 0.1) is 18.3 Å². The van der Waals surface area contributed by atoms with Crippen molar-refractivity contribution in [1.29, 1.82) is 5.26 Å². The van der Waals surface area contributed by atoms with Crippen LogP contribution in [-0.4, -0.2) is 59.4 Å². The number of anilines is 4. The number of carbonyl (C=O) groups excluding carboxylic acids is 3. The third kappa shape index (κ3) is 6.30. The Balaban J connectivity index is 1.06. The van der Waals surface area contributed by atoms with Gasteiger partial charge < -0.3 is 30.2 Å². The Morgan fingerprint density at radius 2 is 1.88 bits per heavy atom. The molecule has 1 saturated heterocycles. The molecule has 0 spiro atoms. The van der Waals surface area contributed by atoms with Gasteiger partial charge in [-0.15, -0.1) is 11.3 Å². The zero-order chi connectivity index (χ0) is 34.4. The van der Waals surface area contributed by atoms with E-state index in [9.17, 15) is 19.6 Å². The van der Waals surface area contributed by atoms with Crippen LogP contribution >= 0.6 is 11.3 Å². The fraction of sp³-hybridized carbons (Fsp3) is 0.343. The van der Waals surface area contributed by atoms with Gasteiger partial charge in [0.2, 0.25) is 6.79 Å². The Morgan fingerprint density at radius 1 is 1.12 bits per heavy atom. The number of hydrogen-bond acceptors (Lipinski definition) is 10. The van der Waals surface area contributed by atoms with Gasteiger partial charge in [-0.05, 0) is 69.9 Å². The van der Waals surface area contributed by atoms with Gasteiger partial charge in [0.05, 0.1) is 28.0 Å². The maximum Gasteiger partial charge on any atom is 0.407 e. The summed E-state index contributed by atoms with van der Waals surface area (Å²) in [5, 5.41) is 19.4. The van der Waals surface area contributed by atoms with Crippen LogP contribution in [0.15, 0.2) is 42.6 Å². The monoisotopic (exact) mass is 681 g/mol. The Bertz CT molecular complexity index is 2020. The van der Waals surface area contributed by atoms with E-state index in [4.69, 9.17) is 14.2 Å². The van der Waals surface area contributed by atoms with Crippen molar-refractivity contribution < 1.29 is 28.6 Å². The molecule has 14 heteroatoms. The number of fused-ring (bicyclic) bond motifs is 1. The molecule has 0 saturated carbocycles. The number of nitrogens with one attached hydrogen (secondary N) is 3. The molecule has 0 radical (unpaired) electrons. The summed E-state index contributed by atoms with van der Waals surface area (Å²) in [5.74, 6) is 0.498. The van der Waals surface area contributed by atoms with E-state index in [0.717, 1.165) is 54.9 Å². The van der Waals surface area contributed by atoms with Gasteiger partial charge in [-0.25, -0.2) is 14.6 Å². The number of piperidine rings is 1. The standard InChI is InChI=1S/C35H35N7O6S/c1-19-5-10-24-29(47-18-46-24)27(19)42-28-21(15-36)16-37-32-25(28)26(40-33(42)44)30(49-32)31(43)38-22-8-6-20(7-9-22)17-41-13-11-23(12-14-41)39-34(45)48-35(2,3)4/h5-10,16,23H,11-14,17-18H2,1-4H3,(H,38,43)(H,39,45)(H,40,44). The molecule has 0 atom stereocenters. The quantitative estimate of drug-likeness (QED) is 0.203. The topological polar surface area (TPSA) is 158 Å². The Hall–Kier alpha value is -5.39. The van der Waals surface area contributed by atoms with Crippen LogP contribution in [0.3, 0.4) is 0 Å². The van der Waals surface area contributed by atoms with Crippen molar-refractivity contribution >= 4 is 62.3 Å². The summed E-state index contributed by atoms with van der Waals surface area (Å²) in [4.78, 5) is 48.6. The summed E-state index contributed by atoms with van der Waals surface area (Å²) >= 11 is 1.14. The van der Waals surface area contributed by atoms with E-state index in [2.05, 4.69) is 31.9 Å². The number of carbonyl (C=O) groups is 3. The van der Waals surface area contributed by atoms with Gasteiger partial charge in [0.15, 0.2) is 11.5 Å². The van der Waals surface area contributed by atoms with Crippen LogP contribution in [0.5, 0.6) is 11.5 Å². The Kier molecular flexibility index (Phi) is 8.25. The summed E-state index contributed by atoms with van der Waals surface area (Å²) in [6, 6.07) is 12.9. The van der Waals surface area contributed by atoms with Crippen LogP contribution < -0.4 is 30.3 Å². The molecule has 252 valence electrons. The molecule has 0 bridgehead atoms. The summed E-state index contributed by atoms with van der Waals surface area (Å²) < 4.78 is 16.7. The predicted octanol–water partition coefficient (Wildman–Crippen LogP) is 6.63. The SMILES string of the molecule is Cc1ccc2c(c1N1C(=O)Nc3c(C(=O)Nc4ccc(CN5CCC(NC(=O)OC(C)(C)C)CC5)cc4)sc4ncc(C#N)c1c34)OCO2. The summed E-state index contributed by atoms with van der Waals surface area (Å²) in [6.07, 6.45) is 2.70. The summed E-state index contributed by atoms with van der Waals surface area (Å²) in [6.45, 7) is 9.83. The Labute approximate surface area is 286 Å². The van der Waals surface area contributed by atoms with E-state index < -0.39 is 17.5 Å². The molecular weight excluding hydrogens is 646 g/mol. The van der Waals surface area contributed by atoms with Gasteiger partial charge >= 0.3 is 12.1 Å². The van der Waals surface area contributed by atoms with Gasteiger partial charge in [-0.1, -0.05) is 18.2 Å². The van der Waals surface area contributed by atoms with E-state index in [-0.39, 0.29) is 29.4 Å². The molecule has 3 N–H and O–H groups in total. The molecule has 7 rings (SSSR count). The molecule has 1 fully saturated rings. The smallest absolute Gasteiger partial charge is 0.407 e. The number of benzene rings is 2. The number of hydrogen-bond donors (Lipinski definition) is 3. The van der Waals surface area contributed by atoms with Crippen LogP contribution in [0.4, 0.5) is 32.3 Å². The maximum absolute atomic E-state index is 13.8. The number of nitrogens with zero attached hydrogens (tertiary/aromatic N) is 4. The number of rotatable bonds is 6. The molecular formula is C35H35N7O6S. The van der Waals surface area contributed by atoms with Crippen LogP contribution in [0.25, 0.3) is 10.2 Å². The Morgan fingerprint density at radius 3 is 2.59 bits per heavy atom. The van der Waals surface area contributed by atoms with E-state index in [1.54, 1.807) is 6.07 Å². The summed E-state index contributed by atoms with van der Waals surface area (Å²) in [5.41, 5.74) is 3.19. The highest BCUT2D eigenvalue weighted by Gasteiger charge is 2.38. The molecule has 2 aromatic carbocycles. The molecule has 5 heterocycles. The molecule has 13 nitrogen and oxygen atoms in total. The first-order valence-electron chi connectivity index (χ1n) is 16.0. The first-order valence-corrected chi connectivity index (χ1v) is 16.8. The van der Waals surface area contributed by atoms with Gasteiger partial charge in [0.25, 0.3) is 5.91 Å². The first-order chi connectivity index (χ1) is 23.5. The predicted molar refractivity (Wildman–Crippen MR) is 185 cm³/mol. The number of alkyl carbamates (subject to hydrolysis) is 1. The minimum absolute atomic E-state index is 0.0148. The van der Waals surface area contributed by atoms with Crippen LogP contribution in [0.1, 0.15) is 60.0 Å². The third-order valence-electron chi connectivity index (χ3n) is 8.54. The van der Waals surface area contributed by atoms with Crippen LogP contribution in [-0.2, 0) is 11.3 Å². The highest BCUT2D eigenvalue weighted by molar-refractivity contribution is 7.21. The first kappa shape index (κ1) is 32.2.